The number of fused-ring (bicyclic) bond motifs is 1. The van der Waals surface area contributed by atoms with Gasteiger partial charge in [0.2, 0.25) is 5.82 Å². The van der Waals surface area contributed by atoms with Crippen LogP contribution >= 0.6 is 0 Å². The first-order valence-corrected chi connectivity index (χ1v) is 6.52. The van der Waals surface area contributed by atoms with Gasteiger partial charge in [-0.15, -0.1) is 0 Å². The second-order valence-electron chi connectivity index (χ2n) is 5.99. The van der Waals surface area contributed by atoms with Crippen LogP contribution < -0.4 is 34.9 Å². The number of halogens is 3. The number of anilines is 1. The summed E-state index contributed by atoms with van der Waals surface area (Å²) in [4.78, 5) is 25.5. The summed E-state index contributed by atoms with van der Waals surface area (Å²) >= 11 is 0. The van der Waals surface area contributed by atoms with Gasteiger partial charge in [0.1, 0.15) is 11.2 Å². The van der Waals surface area contributed by atoms with E-state index in [2.05, 4.69) is 10.3 Å². The van der Waals surface area contributed by atoms with Gasteiger partial charge in [-0.3, -0.25) is 20.2 Å². The number of aromatic amines is 1. The van der Waals surface area contributed by atoms with E-state index in [1.54, 1.807) is 20.8 Å². The van der Waals surface area contributed by atoms with Gasteiger partial charge in [0, 0.05) is 5.54 Å². The van der Waals surface area contributed by atoms with Gasteiger partial charge in [-0.05, 0) is 20.8 Å². The van der Waals surface area contributed by atoms with Crippen LogP contribution in [-0.2, 0) is 6.18 Å². The molecule has 0 aliphatic heterocycles. The first-order valence-electron chi connectivity index (χ1n) is 6.52. The Bertz CT molecular complexity index is 850. The Morgan fingerprint density at radius 3 is 2.08 bits per heavy atom. The van der Waals surface area contributed by atoms with E-state index in [0.717, 1.165) is 0 Å². The smallest absolute Gasteiger partial charge is 1.00 e. The van der Waals surface area contributed by atoms with Crippen molar-refractivity contribution in [2.45, 2.75) is 32.5 Å². The minimum absolute atomic E-state index is 0. The third kappa shape index (κ3) is 4.38. The Labute approximate surface area is 162 Å². The number of hydrogen-bond acceptors (Lipinski definition) is 6. The van der Waals surface area contributed by atoms with Crippen molar-refractivity contribution in [1.29, 1.82) is 0 Å². The molecule has 0 bridgehead atoms. The number of nitro benzene ring substituents is 2. The zero-order chi connectivity index (χ0) is 18.4. The summed E-state index contributed by atoms with van der Waals surface area (Å²) in [5.41, 5.74) is -3.71. The Balaban J connectivity index is 0.00000312. The number of hydrogen-bond donors (Lipinski definition) is 2. The average molecular weight is 371 g/mol. The summed E-state index contributed by atoms with van der Waals surface area (Å²) in [6.07, 6.45) is -4.89. The van der Waals surface area contributed by atoms with Crippen LogP contribution in [0.1, 0.15) is 28.0 Å². The van der Waals surface area contributed by atoms with Crippen LogP contribution in [0.2, 0.25) is 0 Å². The molecule has 0 saturated heterocycles. The molecule has 0 saturated carbocycles. The predicted molar refractivity (Wildman–Crippen MR) is 78.9 cm³/mol. The molecule has 0 unspecified atom stereocenters. The normalized spacial score (nSPS) is 11.9. The van der Waals surface area contributed by atoms with Crippen LogP contribution in [0.4, 0.5) is 30.2 Å². The van der Waals surface area contributed by atoms with Crippen molar-refractivity contribution in [2.75, 3.05) is 5.32 Å². The van der Waals surface area contributed by atoms with Gasteiger partial charge < -0.3 is 11.7 Å². The van der Waals surface area contributed by atoms with Gasteiger partial charge in [0.25, 0.3) is 0 Å². The van der Waals surface area contributed by atoms with Crippen molar-refractivity contribution in [3.63, 3.8) is 0 Å². The van der Waals surface area contributed by atoms with Crippen molar-refractivity contribution >= 4 is 28.1 Å². The molecule has 0 aliphatic rings. The number of nitrogens with zero attached hydrogens (tertiary/aromatic N) is 3. The fourth-order valence-corrected chi connectivity index (χ4v) is 2.06. The van der Waals surface area contributed by atoms with E-state index < -0.39 is 49.8 Å². The SMILES string of the molecule is CC(C)(C)Nc1c([N+](=O)[O-])cc([N+](=O)[O-])c2nc(C(F)(F)F)[nH]c12.[H-].[Na+]. The maximum absolute atomic E-state index is 12.9. The summed E-state index contributed by atoms with van der Waals surface area (Å²) in [5, 5.41) is 25.0. The molecule has 1 heterocycles. The molecule has 13 heteroatoms. The molecule has 25 heavy (non-hydrogen) atoms. The number of alkyl halides is 3. The second kappa shape index (κ2) is 6.77. The van der Waals surface area contributed by atoms with E-state index >= 15 is 0 Å². The van der Waals surface area contributed by atoms with Crippen LogP contribution in [0.15, 0.2) is 6.07 Å². The molecule has 0 atom stereocenters. The van der Waals surface area contributed by atoms with E-state index in [9.17, 15) is 33.4 Å². The molecule has 0 fully saturated rings. The summed E-state index contributed by atoms with van der Waals surface area (Å²) in [7, 11) is 0. The number of non-ortho nitro benzene ring substituents is 1. The number of nitrogens with one attached hydrogen (secondary N) is 2. The van der Waals surface area contributed by atoms with Crippen molar-refractivity contribution < 1.29 is 54.0 Å². The quantitative estimate of drug-likeness (QED) is 0.465. The molecule has 0 amide bonds. The Hall–Kier alpha value is -1.92. The monoisotopic (exact) mass is 371 g/mol. The number of H-pyrrole nitrogens is 1. The summed E-state index contributed by atoms with van der Waals surface area (Å²) in [5.74, 6) is -1.47. The van der Waals surface area contributed by atoms with E-state index in [1.165, 1.54) is 0 Å². The molecule has 0 aliphatic carbocycles. The summed E-state index contributed by atoms with van der Waals surface area (Å²) in [6.45, 7) is 4.89. The van der Waals surface area contributed by atoms with E-state index in [0.29, 0.717) is 6.07 Å². The Morgan fingerprint density at radius 2 is 1.68 bits per heavy atom. The molecule has 0 radical (unpaired) electrons. The van der Waals surface area contributed by atoms with Gasteiger partial charge in [0.15, 0.2) is 5.52 Å². The van der Waals surface area contributed by atoms with Gasteiger partial charge in [-0.1, -0.05) is 0 Å². The van der Waals surface area contributed by atoms with Crippen molar-refractivity contribution in [3.05, 3.63) is 32.1 Å². The molecule has 2 rings (SSSR count). The minimum atomic E-state index is -4.89. The molecule has 0 spiro atoms. The second-order valence-corrected chi connectivity index (χ2v) is 5.99. The summed E-state index contributed by atoms with van der Waals surface area (Å²) in [6, 6.07) is 0.595. The zero-order valence-corrected chi connectivity index (χ0v) is 15.7. The molecule has 132 valence electrons. The first-order chi connectivity index (χ1) is 10.8. The maximum atomic E-state index is 12.9. The van der Waals surface area contributed by atoms with Gasteiger partial charge >= 0.3 is 47.1 Å². The van der Waals surface area contributed by atoms with Crippen LogP contribution in [0.5, 0.6) is 0 Å². The number of benzene rings is 1. The number of nitro groups is 2. The minimum Gasteiger partial charge on any atom is -1.00 e. The van der Waals surface area contributed by atoms with Crippen LogP contribution in [-0.4, -0.2) is 25.4 Å². The molecule has 2 N–H and O–H groups in total. The molecule has 1 aromatic heterocycles. The van der Waals surface area contributed by atoms with Gasteiger partial charge in [-0.25, -0.2) is 4.98 Å². The van der Waals surface area contributed by atoms with Crippen molar-refractivity contribution in [2.24, 2.45) is 0 Å². The molecule has 1 aromatic carbocycles. The fourth-order valence-electron chi connectivity index (χ4n) is 2.06. The maximum Gasteiger partial charge on any atom is 1.00 e. The van der Waals surface area contributed by atoms with Gasteiger partial charge in [0.05, 0.1) is 15.9 Å². The summed E-state index contributed by atoms with van der Waals surface area (Å²) < 4.78 is 38.6. The Morgan fingerprint density at radius 1 is 1.16 bits per heavy atom. The molecular weight excluding hydrogens is 358 g/mol. The molecule has 2 aromatic rings. The third-order valence-corrected chi connectivity index (χ3v) is 2.89. The van der Waals surface area contributed by atoms with Crippen LogP contribution in [0, 0.1) is 20.2 Å². The standard InChI is InChI=1S/C12H12F3N5O4.Na.H/c1-11(2,3)18-8-6(20(23)24)4-5(19(21)22)7-9(8)17-10(16-7)12(13,14)15;;/h4,18H,1-3H3,(H,16,17);;/q;+1;-1. The first kappa shape index (κ1) is 21.1. The average Bonchev–Trinajstić information content (AvgIpc) is 2.81. The number of rotatable bonds is 3. The van der Waals surface area contributed by atoms with Crippen molar-refractivity contribution in [1.82, 2.24) is 9.97 Å². The topological polar surface area (TPSA) is 127 Å². The zero-order valence-electron chi connectivity index (χ0n) is 14.7. The van der Waals surface area contributed by atoms with Crippen molar-refractivity contribution in [3.8, 4) is 0 Å². The Kier molecular flexibility index (Phi) is 5.72. The van der Waals surface area contributed by atoms with E-state index in [-0.39, 0.29) is 36.7 Å². The largest absolute Gasteiger partial charge is 1.00 e. The van der Waals surface area contributed by atoms with Crippen LogP contribution in [0.25, 0.3) is 11.0 Å². The molecular formula is C12H13F3N5NaO4. The van der Waals surface area contributed by atoms with E-state index in [1.807, 2.05) is 4.98 Å². The van der Waals surface area contributed by atoms with E-state index in [4.69, 9.17) is 0 Å². The van der Waals surface area contributed by atoms with Crippen LogP contribution in [0.3, 0.4) is 0 Å². The third-order valence-electron chi connectivity index (χ3n) is 2.89. The number of aromatic nitrogens is 2. The predicted octanol–water partition coefficient (Wildman–Crippen LogP) is 0.725. The number of imidazole rings is 1. The fraction of sp³-hybridized carbons (Fsp3) is 0.417. The molecule has 9 nitrogen and oxygen atoms in total. The van der Waals surface area contributed by atoms with Gasteiger partial charge in [-0.2, -0.15) is 13.2 Å².